The van der Waals surface area contributed by atoms with Crippen LogP contribution in [0.2, 0.25) is 0 Å². The molecule has 0 aromatic heterocycles. The molecule has 0 rings (SSSR count). The highest BCUT2D eigenvalue weighted by molar-refractivity contribution is 4.72. The van der Waals surface area contributed by atoms with Gasteiger partial charge in [0, 0.05) is 13.1 Å². The molecular weight excluding hydrogens is 458 g/mol. The Bertz CT molecular complexity index is 385. The maximum absolute atomic E-state index is 2.98. The van der Waals surface area contributed by atoms with Gasteiger partial charge in [0.1, 0.15) is 0 Å². The van der Waals surface area contributed by atoms with Crippen LogP contribution in [0.4, 0.5) is 0 Å². The van der Waals surface area contributed by atoms with Crippen LogP contribution < -0.4 is 0 Å². The lowest BCUT2D eigenvalue weighted by Crippen LogP contribution is -2.35. The molecule has 38 heavy (non-hydrogen) atoms. The van der Waals surface area contributed by atoms with Gasteiger partial charge in [0.25, 0.3) is 0 Å². The summed E-state index contributed by atoms with van der Waals surface area (Å²) in [6.07, 6.45) is 38.9. The van der Waals surface area contributed by atoms with Gasteiger partial charge in [-0.05, 0) is 50.5 Å². The van der Waals surface area contributed by atoms with Crippen LogP contribution in [0.3, 0.4) is 0 Å². The lowest BCUT2D eigenvalue weighted by atomic mass is 9.91. The zero-order valence-corrected chi connectivity index (χ0v) is 27.8. The van der Waals surface area contributed by atoms with Crippen molar-refractivity contribution in [3.63, 3.8) is 0 Å². The first-order valence-corrected chi connectivity index (χ1v) is 18.4. The average molecular weight is 536 g/mol. The first kappa shape index (κ1) is 38.0. The molecule has 0 radical (unpaired) electrons. The number of rotatable bonds is 32. The van der Waals surface area contributed by atoms with Crippen molar-refractivity contribution < 1.29 is 0 Å². The summed E-state index contributed by atoms with van der Waals surface area (Å²) < 4.78 is 0. The maximum atomic E-state index is 2.98. The molecule has 0 aromatic carbocycles. The summed E-state index contributed by atoms with van der Waals surface area (Å²) in [5.74, 6) is 1.88. The first-order valence-electron chi connectivity index (χ1n) is 18.4. The normalized spacial score (nSPS) is 13.4. The fourth-order valence-electron chi connectivity index (χ4n) is 6.37. The second-order valence-corrected chi connectivity index (χ2v) is 13.0. The van der Waals surface area contributed by atoms with Crippen LogP contribution in [0.15, 0.2) is 0 Å². The summed E-state index contributed by atoms with van der Waals surface area (Å²) in [5.41, 5.74) is 0. The molecule has 2 unspecified atom stereocenters. The van der Waals surface area contributed by atoms with E-state index in [1.165, 1.54) is 193 Å². The van der Waals surface area contributed by atoms with Gasteiger partial charge in [-0.15, -0.1) is 0 Å². The van der Waals surface area contributed by atoms with Crippen LogP contribution in [0.5, 0.6) is 0 Å². The van der Waals surface area contributed by atoms with Gasteiger partial charge in [-0.3, -0.25) is 0 Å². The lowest BCUT2D eigenvalue weighted by molar-refractivity contribution is 0.170. The van der Waals surface area contributed by atoms with E-state index in [0.29, 0.717) is 0 Å². The number of hydrogen-bond donors (Lipinski definition) is 0. The van der Waals surface area contributed by atoms with Gasteiger partial charge >= 0.3 is 0 Å². The Morgan fingerprint density at radius 1 is 0.316 bits per heavy atom. The van der Waals surface area contributed by atoms with E-state index in [-0.39, 0.29) is 0 Å². The summed E-state index contributed by atoms with van der Waals surface area (Å²) in [7, 11) is 0. The zero-order chi connectivity index (χ0) is 27.9. The number of hydrogen-bond acceptors (Lipinski definition) is 1. The molecule has 0 aliphatic carbocycles. The van der Waals surface area contributed by atoms with Crippen molar-refractivity contribution in [2.75, 3.05) is 19.6 Å². The zero-order valence-electron chi connectivity index (χ0n) is 27.8. The van der Waals surface area contributed by atoms with Crippen molar-refractivity contribution in [2.24, 2.45) is 11.8 Å². The maximum Gasteiger partial charge on any atom is 0.000977 e. The Labute approximate surface area is 244 Å². The second-order valence-electron chi connectivity index (χ2n) is 13.0. The standard InChI is InChI=1S/C37H77N/c1-6-11-16-20-22-26-31-36(29-24-18-13-8-3)34-38(33-28-15-10-5)35-37(30-25-19-14-9-4)32-27-23-21-17-12-7-2/h36-37H,6-35H2,1-5H3. The summed E-state index contributed by atoms with van der Waals surface area (Å²) >= 11 is 0. The molecule has 2 atom stereocenters. The van der Waals surface area contributed by atoms with Gasteiger partial charge in [0.2, 0.25) is 0 Å². The van der Waals surface area contributed by atoms with Gasteiger partial charge in [-0.2, -0.15) is 0 Å². The first-order chi connectivity index (χ1) is 18.7. The van der Waals surface area contributed by atoms with E-state index < -0.39 is 0 Å². The van der Waals surface area contributed by atoms with Crippen LogP contribution in [0.25, 0.3) is 0 Å². The van der Waals surface area contributed by atoms with Crippen molar-refractivity contribution >= 4 is 0 Å². The number of nitrogens with zero attached hydrogens (tertiary/aromatic N) is 1. The van der Waals surface area contributed by atoms with E-state index in [1.54, 1.807) is 0 Å². The summed E-state index contributed by atoms with van der Waals surface area (Å²) in [5, 5.41) is 0. The smallest absolute Gasteiger partial charge is 0.000977 e. The Hall–Kier alpha value is -0.0400. The monoisotopic (exact) mass is 536 g/mol. The molecular formula is C37H77N. The summed E-state index contributed by atoms with van der Waals surface area (Å²) in [6.45, 7) is 15.9. The predicted molar refractivity (Wildman–Crippen MR) is 176 cm³/mol. The molecule has 0 aromatic rings. The third-order valence-corrected chi connectivity index (χ3v) is 8.97. The molecule has 0 aliphatic heterocycles. The molecule has 0 saturated heterocycles. The number of unbranched alkanes of at least 4 members (excludes halogenated alkanes) is 18. The highest BCUT2D eigenvalue weighted by Gasteiger charge is 2.18. The van der Waals surface area contributed by atoms with Gasteiger partial charge in [0.15, 0.2) is 0 Å². The minimum atomic E-state index is 0.939. The van der Waals surface area contributed by atoms with Gasteiger partial charge in [-0.1, -0.05) is 176 Å². The van der Waals surface area contributed by atoms with Crippen molar-refractivity contribution in [1.29, 1.82) is 0 Å². The molecule has 0 saturated carbocycles. The van der Waals surface area contributed by atoms with E-state index in [2.05, 4.69) is 39.5 Å². The summed E-state index contributed by atoms with van der Waals surface area (Å²) in [4.78, 5) is 2.98. The SMILES string of the molecule is CCCCCCCCC(CCCCCC)CN(CCCCC)CC(CCCCCC)CCCCCCCC. The molecule has 1 nitrogen and oxygen atoms in total. The fourth-order valence-corrected chi connectivity index (χ4v) is 6.37. The molecule has 0 N–H and O–H groups in total. The quantitative estimate of drug-likeness (QED) is 0.0774. The predicted octanol–water partition coefficient (Wildman–Crippen LogP) is 13.2. The molecule has 230 valence electrons. The van der Waals surface area contributed by atoms with E-state index in [1.807, 2.05) is 0 Å². The fraction of sp³-hybridized carbons (Fsp3) is 1.00. The molecule has 0 amide bonds. The van der Waals surface area contributed by atoms with Crippen LogP contribution in [0.1, 0.15) is 208 Å². The largest absolute Gasteiger partial charge is 0.303 e. The second kappa shape index (κ2) is 31.5. The van der Waals surface area contributed by atoms with E-state index in [4.69, 9.17) is 0 Å². The van der Waals surface area contributed by atoms with Crippen LogP contribution in [-0.4, -0.2) is 24.5 Å². The topological polar surface area (TPSA) is 3.24 Å². The van der Waals surface area contributed by atoms with Crippen molar-refractivity contribution in [1.82, 2.24) is 4.90 Å². The van der Waals surface area contributed by atoms with E-state index in [9.17, 15) is 0 Å². The van der Waals surface area contributed by atoms with Gasteiger partial charge < -0.3 is 4.90 Å². The van der Waals surface area contributed by atoms with Crippen molar-refractivity contribution in [2.45, 2.75) is 208 Å². The Morgan fingerprint density at radius 2 is 0.579 bits per heavy atom. The Kier molecular flexibility index (Phi) is 31.5. The van der Waals surface area contributed by atoms with Crippen LogP contribution in [0, 0.1) is 11.8 Å². The lowest BCUT2D eigenvalue weighted by Gasteiger charge is -2.31. The highest BCUT2D eigenvalue weighted by atomic mass is 15.1. The van der Waals surface area contributed by atoms with Crippen LogP contribution in [-0.2, 0) is 0 Å². The minimum absolute atomic E-state index is 0.939. The minimum Gasteiger partial charge on any atom is -0.303 e. The molecule has 0 bridgehead atoms. The average Bonchev–Trinajstić information content (AvgIpc) is 2.92. The molecule has 0 fully saturated rings. The summed E-state index contributed by atoms with van der Waals surface area (Å²) in [6, 6.07) is 0. The Morgan fingerprint density at radius 3 is 0.921 bits per heavy atom. The molecule has 0 spiro atoms. The third-order valence-electron chi connectivity index (χ3n) is 8.97. The highest BCUT2D eigenvalue weighted by Crippen LogP contribution is 2.24. The van der Waals surface area contributed by atoms with E-state index >= 15 is 0 Å². The van der Waals surface area contributed by atoms with Crippen LogP contribution >= 0.6 is 0 Å². The molecule has 0 aliphatic rings. The third kappa shape index (κ3) is 26.2. The Balaban J connectivity index is 5.04. The van der Waals surface area contributed by atoms with Gasteiger partial charge in [-0.25, -0.2) is 0 Å². The molecule has 1 heteroatoms. The van der Waals surface area contributed by atoms with Crippen molar-refractivity contribution in [3.05, 3.63) is 0 Å². The van der Waals surface area contributed by atoms with Crippen molar-refractivity contribution in [3.8, 4) is 0 Å². The van der Waals surface area contributed by atoms with E-state index in [0.717, 1.165) is 11.8 Å². The molecule has 0 heterocycles. The van der Waals surface area contributed by atoms with Gasteiger partial charge in [0.05, 0.1) is 0 Å².